The Kier molecular flexibility index (Phi) is 1.79. The second kappa shape index (κ2) is 2.55. The van der Waals surface area contributed by atoms with Gasteiger partial charge in [-0.15, -0.1) is 11.3 Å². The van der Waals surface area contributed by atoms with Gasteiger partial charge in [0.15, 0.2) is 0 Å². The molecule has 11 heavy (non-hydrogen) atoms. The van der Waals surface area contributed by atoms with Crippen LogP contribution in [0.2, 0.25) is 0 Å². The van der Waals surface area contributed by atoms with Gasteiger partial charge in [-0.05, 0) is 27.4 Å². The molecule has 0 saturated carbocycles. The van der Waals surface area contributed by atoms with Crippen molar-refractivity contribution in [3.8, 4) is 0 Å². The highest BCUT2D eigenvalue weighted by Gasteiger charge is 2.40. The molecule has 0 bridgehead atoms. The van der Waals surface area contributed by atoms with E-state index in [0.29, 0.717) is 13.2 Å². The molecule has 0 spiro atoms. The first-order chi connectivity index (χ1) is 5.22. The zero-order chi connectivity index (χ0) is 7.90. The second-order valence-corrected chi connectivity index (χ2v) is 4.39. The summed E-state index contributed by atoms with van der Waals surface area (Å²) in [5, 5.41) is 11.8. The van der Waals surface area contributed by atoms with Crippen LogP contribution in [0.25, 0.3) is 0 Å². The Morgan fingerprint density at radius 2 is 2.36 bits per heavy atom. The van der Waals surface area contributed by atoms with Crippen LogP contribution < -0.4 is 0 Å². The quantitative estimate of drug-likeness (QED) is 0.803. The van der Waals surface area contributed by atoms with Crippen LogP contribution >= 0.6 is 27.3 Å². The normalized spacial score (nSPS) is 21.3. The summed E-state index contributed by atoms with van der Waals surface area (Å²) >= 11 is 4.93. The SMILES string of the molecule is OC1(c2sccc2Br)COC1. The van der Waals surface area contributed by atoms with Gasteiger partial charge in [0.2, 0.25) is 0 Å². The third-order valence-corrected chi connectivity index (χ3v) is 3.75. The fourth-order valence-corrected chi connectivity index (χ4v) is 2.87. The van der Waals surface area contributed by atoms with Crippen molar-refractivity contribution in [2.75, 3.05) is 13.2 Å². The average Bonchev–Trinajstić information content (AvgIpc) is 2.30. The smallest absolute Gasteiger partial charge is 0.146 e. The summed E-state index contributed by atoms with van der Waals surface area (Å²) in [7, 11) is 0. The van der Waals surface area contributed by atoms with Gasteiger partial charge < -0.3 is 9.84 Å². The van der Waals surface area contributed by atoms with Crippen molar-refractivity contribution in [3.63, 3.8) is 0 Å². The largest absolute Gasteiger partial charge is 0.379 e. The number of ether oxygens (including phenoxy) is 1. The number of hydrogen-bond donors (Lipinski definition) is 1. The highest BCUT2D eigenvalue weighted by molar-refractivity contribution is 9.10. The summed E-state index contributed by atoms with van der Waals surface area (Å²) < 4.78 is 5.93. The van der Waals surface area contributed by atoms with Crippen molar-refractivity contribution < 1.29 is 9.84 Å². The molecular weight excluding hydrogens is 228 g/mol. The highest BCUT2D eigenvalue weighted by atomic mass is 79.9. The number of thiophene rings is 1. The minimum atomic E-state index is -0.715. The third kappa shape index (κ3) is 1.14. The van der Waals surface area contributed by atoms with E-state index in [1.807, 2.05) is 11.4 Å². The Bertz CT molecular complexity index is 267. The predicted octanol–water partition coefficient (Wildman–Crippen LogP) is 1.73. The van der Waals surface area contributed by atoms with E-state index in [-0.39, 0.29) is 0 Å². The van der Waals surface area contributed by atoms with Gasteiger partial charge >= 0.3 is 0 Å². The van der Waals surface area contributed by atoms with Crippen molar-refractivity contribution in [2.45, 2.75) is 5.60 Å². The zero-order valence-corrected chi connectivity index (χ0v) is 8.11. The molecule has 2 rings (SSSR count). The molecule has 4 heteroatoms. The molecule has 2 heterocycles. The molecule has 1 aromatic heterocycles. The van der Waals surface area contributed by atoms with Crippen LogP contribution in [0.1, 0.15) is 4.88 Å². The molecule has 0 aromatic carbocycles. The first kappa shape index (κ1) is 7.73. The Hall–Kier alpha value is 0.1000. The van der Waals surface area contributed by atoms with Crippen molar-refractivity contribution in [2.24, 2.45) is 0 Å². The molecule has 1 aliphatic rings. The van der Waals surface area contributed by atoms with Gasteiger partial charge in [-0.25, -0.2) is 0 Å². The molecule has 1 aromatic rings. The summed E-state index contributed by atoms with van der Waals surface area (Å²) in [5.41, 5.74) is -0.715. The average molecular weight is 235 g/mol. The van der Waals surface area contributed by atoms with Gasteiger partial charge in [0.05, 0.1) is 18.1 Å². The maximum absolute atomic E-state index is 9.81. The van der Waals surface area contributed by atoms with E-state index in [1.165, 1.54) is 0 Å². The number of hydrogen-bond acceptors (Lipinski definition) is 3. The summed E-state index contributed by atoms with van der Waals surface area (Å²) in [6.07, 6.45) is 0. The monoisotopic (exact) mass is 234 g/mol. The molecule has 1 aliphatic heterocycles. The molecule has 2 nitrogen and oxygen atoms in total. The summed E-state index contributed by atoms with van der Waals surface area (Å²) in [5.74, 6) is 0. The topological polar surface area (TPSA) is 29.5 Å². The van der Waals surface area contributed by atoms with Gasteiger partial charge in [-0.3, -0.25) is 0 Å². The van der Waals surface area contributed by atoms with Crippen LogP contribution in [0.15, 0.2) is 15.9 Å². The van der Waals surface area contributed by atoms with E-state index in [4.69, 9.17) is 4.74 Å². The fourth-order valence-electron chi connectivity index (χ4n) is 1.05. The van der Waals surface area contributed by atoms with Crippen molar-refractivity contribution in [1.82, 2.24) is 0 Å². The Labute approximate surface area is 76.9 Å². The minimum absolute atomic E-state index is 0.423. The standard InChI is InChI=1S/C7H7BrO2S/c8-5-1-2-11-6(5)7(9)3-10-4-7/h1-2,9H,3-4H2. The Balaban J connectivity index is 2.35. The van der Waals surface area contributed by atoms with Crippen LogP contribution in [-0.4, -0.2) is 18.3 Å². The lowest BCUT2D eigenvalue weighted by Crippen LogP contribution is -2.46. The Morgan fingerprint density at radius 3 is 2.73 bits per heavy atom. The maximum Gasteiger partial charge on any atom is 0.146 e. The lowest BCUT2D eigenvalue weighted by Gasteiger charge is -2.35. The first-order valence-electron chi connectivity index (χ1n) is 3.26. The number of aliphatic hydroxyl groups is 1. The summed E-state index contributed by atoms with van der Waals surface area (Å²) in [4.78, 5) is 0.976. The number of rotatable bonds is 1. The van der Waals surface area contributed by atoms with Gasteiger partial charge in [-0.2, -0.15) is 0 Å². The van der Waals surface area contributed by atoms with Gasteiger partial charge in [0.25, 0.3) is 0 Å². The molecule has 1 N–H and O–H groups in total. The predicted molar refractivity (Wildman–Crippen MR) is 46.7 cm³/mol. The molecule has 1 fully saturated rings. The molecule has 0 atom stereocenters. The molecule has 0 unspecified atom stereocenters. The number of halogens is 1. The van der Waals surface area contributed by atoms with Crippen LogP contribution in [0.3, 0.4) is 0 Å². The lowest BCUT2D eigenvalue weighted by molar-refractivity contribution is -0.182. The molecule has 0 radical (unpaired) electrons. The van der Waals surface area contributed by atoms with E-state index < -0.39 is 5.60 Å². The minimum Gasteiger partial charge on any atom is -0.379 e. The Morgan fingerprint density at radius 1 is 1.64 bits per heavy atom. The molecule has 60 valence electrons. The fraction of sp³-hybridized carbons (Fsp3) is 0.429. The van der Waals surface area contributed by atoms with Gasteiger partial charge in [-0.1, -0.05) is 0 Å². The molecule has 1 saturated heterocycles. The third-order valence-electron chi connectivity index (χ3n) is 1.72. The second-order valence-electron chi connectivity index (χ2n) is 2.62. The molecule has 0 aliphatic carbocycles. The van der Waals surface area contributed by atoms with Gasteiger partial charge in [0.1, 0.15) is 5.60 Å². The van der Waals surface area contributed by atoms with Crippen LogP contribution in [0.5, 0.6) is 0 Å². The summed E-state index contributed by atoms with van der Waals surface area (Å²) in [6, 6.07) is 1.94. The highest BCUT2D eigenvalue weighted by Crippen LogP contribution is 2.37. The molecule has 0 amide bonds. The van der Waals surface area contributed by atoms with E-state index in [2.05, 4.69) is 15.9 Å². The van der Waals surface area contributed by atoms with Crippen molar-refractivity contribution >= 4 is 27.3 Å². The van der Waals surface area contributed by atoms with E-state index in [0.717, 1.165) is 9.35 Å². The summed E-state index contributed by atoms with van der Waals surface area (Å²) in [6.45, 7) is 0.845. The van der Waals surface area contributed by atoms with E-state index in [1.54, 1.807) is 11.3 Å². The lowest BCUT2D eigenvalue weighted by atomic mass is 10.0. The van der Waals surface area contributed by atoms with Crippen molar-refractivity contribution in [3.05, 3.63) is 20.8 Å². The van der Waals surface area contributed by atoms with Crippen molar-refractivity contribution in [1.29, 1.82) is 0 Å². The molecular formula is C7H7BrO2S. The first-order valence-corrected chi connectivity index (χ1v) is 4.93. The maximum atomic E-state index is 9.81. The van der Waals surface area contributed by atoms with Gasteiger partial charge in [0, 0.05) is 4.47 Å². The van der Waals surface area contributed by atoms with E-state index >= 15 is 0 Å². The zero-order valence-electron chi connectivity index (χ0n) is 5.71. The van der Waals surface area contributed by atoms with Crippen LogP contribution in [0.4, 0.5) is 0 Å². The van der Waals surface area contributed by atoms with Crippen LogP contribution in [0, 0.1) is 0 Å². The van der Waals surface area contributed by atoms with Crippen LogP contribution in [-0.2, 0) is 10.3 Å². The van der Waals surface area contributed by atoms with E-state index in [9.17, 15) is 5.11 Å².